The van der Waals surface area contributed by atoms with E-state index < -0.39 is 0 Å². The monoisotopic (exact) mass is 257 g/mol. The number of rotatable bonds is 5. The van der Waals surface area contributed by atoms with Crippen LogP contribution in [-0.4, -0.2) is 31.2 Å². The van der Waals surface area contributed by atoms with E-state index in [1.807, 2.05) is 19.2 Å². The van der Waals surface area contributed by atoms with Crippen LogP contribution in [0.25, 0.3) is 0 Å². The summed E-state index contributed by atoms with van der Waals surface area (Å²) in [7, 11) is 1.64. The lowest BCUT2D eigenvalue weighted by molar-refractivity contribution is 0.208. The summed E-state index contributed by atoms with van der Waals surface area (Å²) in [5, 5.41) is 6.19. The van der Waals surface area contributed by atoms with Crippen LogP contribution in [-0.2, 0) is 4.74 Å². The third-order valence-corrected chi connectivity index (χ3v) is 3.21. The van der Waals surface area contributed by atoms with Gasteiger partial charge in [0.1, 0.15) is 5.01 Å². The summed E-state index contributed by atoms with van der Waals surface area (Å²) >= 11 is 1.62. The lowest BCUT2D eigenvalue weighted by Gasteiger charge is -2.14. The fourth-order valence-electron chi connectivity index (χ4n) is 1.22. The summed E-state index contributed by atoms with van der Waals surface area (Å²) in [6, 6.07) is 0.0750. The van der Waals surface area contributed by atoms with E-state index in [-0.39, 0.29) is 6.04 Å². The summed E-state index contributed by atoms with van der Waals surface area (Å²) in [4.78, 5) is 8.63. The minimum atomic E-state index is 0.0750. The number of nitrogens with zero attached hydrogens (tertiary/aromatic N) is 2. The molecule has 1 aromatic rings. The molecule has 0 saturated carbocycles. The number of hydrogen-bond acceptors (Lipinski definition) is 5. The molecule has 17 heavy (non-hydrogen) atoms. The van der Waals surface area contributed by atoms with Crippen LogP contribution in [0.2, 0.25) is 0 Å². The van der Waals surface area contributed by atoms with Crippen LogP contribution in [0.4, 0.5) is 0 Å². The number of thiazole rings is 1. The molecule has 0 aliphatic rings. The van der Waals surface area contributed by atoms with Gasteiger partial charge in [-0.15, -0.1) is 11.3 Å². The maximum atomic E-state index is 5.39. The van der Waals surface area contributed by atoms with Gasteiger partial charge in [-0.1, -0.05) is 0 Å². The maximum absolute atomic E-state index is 5.39. The number of aryl methyl sites for hydroxylation is 1. The number of ether oxygens (including phenoxy) is 1. The second-order valence-electron chi connectivity index (χ2n) is 3.56. The molecular weight excluding hydrogens is 238 g/mol. The Morgan fingerprint density at radius 3 is 3.00 bits per heavy atom. The van der Waals surface area contributed by atoms with Gasteiger partial charge in [0, 0.05) is 18.2 Å². The van der Waals surface area contributed by atoms with Crippen LogP contribution < -0.4 is 16.6 Å². The van der Waals surface area contributed by atoms with Crippen molar-refractivity contribution in [3.05, 3.63) is 16.1 Å². The molecule has 7 heteroatoms. The largest absolute Gasteiger partial charge is 0.383 e. The quantitative estimate of drug-likeness (QED) is 0.236. The molecule has 6 nitrogen and oxygen atoms in total. The van der Waals surface area contributed by atoms with E-state index in [2.05, 4.69) is 20.7 Å². The Kier molecular flexibility index (Phi) is 5.88. The Hall–Kier alpha value is -1.18. The number of nitrogens with two attached hydrogens (primary N) is 1. The lowest BCUT2D eigenvalue weighted by atomic mass is 10.3. The van der Waals surface area contributed by atoms with Crippen molar-refractivity contribution in [2.45, 2.75) is 19.9 Å². The Morgan fingerprint density at radius 2 is 2.47 bits per heavy atom. The van der Waals surface area contributed by atoms with Gasteiger partial charge in [-0.2, -0.15) is 0 Å². The van der Waals surface area contributed by atoms with Crippen molar-refractivity contribution >= 4 is 17.3 Å². The number of hydrazine groups is 1. The first-order valence-corrected chi connectivity index (χ1v) is 6.24. The minimum Gasteiger partial charge on any atom is -0.383 e. The third kappa shape index (κ3) is 4.68. The molecule has 0 bridgehead atoms. The Morgan fingerprint density at radius 1 is 1.71 bits per heavy atom. The molecule has 0 amide bonds. The Labute approximate surface area is 105 Å². The molecule has 0 aromatic carbocycles. The van der Waals surface area contributed by atoms with Crippen molar-refractivity contribution in [3.63, 3.8) is 0 Å². The first-order chi connectivity index (χ1) is 8.17. The molecule has 1 atom stereocenters. The van der Waals surface area contributed by atoms with Crippen molar-refractivity contribution in [3.8, 4) is 0 Å². The smallest absolute Gasteiger partial charge is 0.206 e. The van der Waals surface area contributed by atoms with Crippen LogP contribution in [0.1, 0.15) is 23.7 Å². The predicted octanol–water partition coefficient (Wildman–Crippen LogP) is 0.568. The fourth-order valence-corrected chi connectivity index (χ4v) is 2.02. The zero-order valence-corrected chi connectivity index (χ0v) is 11.2. The van der Waals surface area contributed by atoms with Gasteiger partial charge in [-0.25, -0.2) is 15.8 Å². The van der Waals surface area contributed by atoms with Crippen molar-refractivity contribution in [2.75, 3.05) is 20.3 Å². The third-order valence-electron chi connectivity index (χ3n) is 2.06. The van der Waals surface area contributed by atoms with E-state index in [1.54, 1.807) is 18.4 Å². The number of aromatic nitrogens is 1. The summed E-state index contributed by atoms with van der Waals surface area (Å²) in [6.45, 7) is 5.12. The topological polar surface area (TPSA) is 84.6 Å². The average molecular weight is 257 g/mol. The molecule has 1 rings (SSSR count). The van der Waals surface area contributed by atoms with Crippen LogP contribution in [0.3, 0.4) is 0 Å². The number of hydrogen-bond donors (Lipinski definition) is 3. The Balaban J connectivity index is 2.53. The fraction of sp³-hybridized carbons (Fsp3) is 0.600. The summed E-state index contributed by atoms with van der Waals surface area (Å²) in [5.41, 5.74) is 3.55. The number of methoxy groups -OCH3 is 1. The first-order valence-electron chi connectivity index (χ1n) is 5.36. The van der Waals surface area contributed by atoms with E-state index in [0.717, 1.165) is 10.7 Å². The van der Waals surface area contributed by atoms with E-state index >= 15 is 0 Å². The zero-order chi connectivity index (χ0) is 12.7. The normalized spacial score (nSPS) is 13.5. The van der Waals surface area contributed by atoms with Crippen molar-refractivity contribution in [2.24, 2.45) is 10.8 Å². The SMILES string of the molecule is COCCN=C(NN)NC(C)c1nc(C)cs1. The van der Waals surface area contributed by atoms with Gasteiger partial charge in [-0.3, -0.25) is 5.43 Å². The molecule has 96 valence electrons. The second kappa shape index (κ2) is 7.21. The number of nitrogens with one attached hydrogen (secondary N) is 2. The van der Waals surface area contributed by atoms with Crippen LogP contribution in [0.15, 0.2) is 10.4 Å². The molecule has 0 saturated heterocycles. The molecule has 1 heterocycles. The maximum Gasteiger partial charge on any atom is 0.206 e. The van der Waals surface area contributed by atoms with Crippen molar-refractivity contribution < 1.29 is 4.74 Å². The highest BCUT2D eigenvalue weighted by molar-refractivity contribution is 7.09. The molecular formula is C10H19N5OS. The summed E-state index contributed by atoms with van der Waals surface area (Å²) < 4.78 is 4.92. The summed E-state index contributed by atoms with van der Waals surface area (Å²) in [6.07, 6.45) is 0. The van der Waals surface area contributed by atoms with Crippen LogP contribution in [0, 0.1) is 6.92 Å². The highest BCUT2D eigenvalue weighted by atomic mass is 32.1. The molecule has 4 N–H and O–H groups in total. The average Bonchev–Trinajstić information content (AvgIpc) is 2.74. The summed E-state index contributed by atoms with van der Waals surface area (Å²) in [5.74, 6) is 5.93. The van der Waals surface area contributed by atoms with E-state index in [1.165, 1.54) is 0 Å². The zero-order valence-electron chi connectivity index (χ0n) is 10.4. The van der Waals surface area contributed by atoms with E-state index in [0.29, 0.717) is 19.1 Å². The molecule has 1 aromatic heterocycles. The van der Waals surface area contributed by atoms with Crippen LogP contribution >= 0.6 is 11.3 Å². The van der Waals surface area contributed by atoms with Gasteiger partial charge in [0.15, 0.2) is 0 Å². The van der Waals surface area contributed by atoms with Gasteiger partial charge in [0.05, 0.1) is 19.2 Å². The highest BCUT2D eigenvalue weighted by Crippen LogP contribution is 2.16. The van der Waals surface area contributed by atoms with E-state index in [4.69, 9.17) is 10.6 Å². The molecule has 0 aliphatic heterocycles. The molecule has 0 spiro atoms. The molecule has 0 aliphatic carbocycles. The van der Waals surface area contributed by atoms with Gasteiger partial charge in [-0.05, 0) is 13.8 Å². The lowest BCUT2D eigenvalue weighted by Crippen LogP contribution is -2.42. The van der Waals surface area contributed by atoms with Gasteiger partial charge in [0.2, 0.25) is 5.96 Å². The second-order valence-corrected chi connectivity index (χ2v) is 4.45. The van der Waals surface area contributed by atoms with Gasteiger partial charge in [0.25, 0.3) is 0 Å². The highest BCUT2D eigenvalue weighted by Gasteiger charge is 2.10. The van der Waals surface area contributed by atoms with Crippen molar-refractivity contribution in [1.82, 2.24) is 15.7 Å². The van der Waals surface area contributed by atoms with Crippen LogP contribution in [0.5, 0.6) is 0 Å². The van der Waals surface area contributed by atoms with Gasteiger partial charge < -0.3 is 10.1 Å². The molecule has 1 unspecified atom stereocenters. The van der Waals surface area contributed by atoms with E-state index in [9.17, 15) is 0 Å². The first kappa shape index (κ1) is 13.9. The number of aliphatic imine (C=N–C) groups is 1. The standard InChI is InChI=1S/C10H19N5OS/c1-7-6-17-9(13-7)8(2)14-10(15-11)12-4-5-16-3/h6,8H,4-5,11H2,1-3H3,(H2,12,14,15). The Bertz CT molecular complexity index is 365. The van der Waals surface area contributed by atoms with Crippen molar-refractivity contribution in [1.29, 1.82) is 0 Å². The molecule has 0 fully saturated rings. The predicted molar refractivity (Wildman–Crippen MR) is 69.9 cm³/mol. The van der Waals surface area contributed by atoms with Gasteiger partial charge >= 0.3 is 0 Å². The number of guanidine groups is 1. The molecule has 0 radical (unpaired) electrons. The minimum absolute atomic E-state index is 0.0750.